The third-order valence-corrected chi connectivity index (χ3v) is 2.80. The minimum Gasteiger partial charge on any atom is -0.390 e. The molecule has 0 bridgehead atoms. The molecule has 2 rings (SSSR count). The van der Waals surface area contributed by atoms with Gasteiger partial charge in [-0.15, -0.1) is 0 Å². The minimum atomic E-state index is -3.28. The van der Waals surface area contributed by atoms with E-state index in [9.17, 15) is 13.6 Å². The van der Waals surface area contributed by atoms with Crippen molar-refractivity contribution in [3.8, 4) is 0 Å². The van der Waals surface area contributed by atoms with Crippen LogP contribution < -0.4 is 5.32 Å². The summed E-state index contributed by atoms with van der Waals surface area (Å²) in [6, 6.07) is 7.44. The van der Waals surface area contributed by atoms with E-state index in [4.69, 9.17) is 5.11 Å². The van der Waals surface area contributed by atoms with Crippen LogP contribution >= 0.6 is 0 Å². The molecule has 0 spiro atoms. The molecule has 0 aliphatic heterocycles. The van der Waals surface area contributed by atoms with Gasteiger partial charge in [0.15, 0.2) is 0 Å². The number of hydrogen-bond acceptors (Lipinski definition) is 3. The zero-order valence-electron chi connectivity index (χ0n) is 10.7. The van der Waals surface area contributed by atoms with Crippen LogP contribution in [-0.2, 0) is 11.2 Å². The van der Waals surface area contributed by atoms with E-state index < -0.39 is 25.0 Å². The van der Waals surface area contributed by atoms with Crippen LogP contribution in [0.25, 0.3) is 11.0 Å². The predicted molar refractivity (Wildman–Crippen MR) is 69.5 cm³/mol. The largest absolute Gasteiger partial charge is 0.390 e. The van der Waals surface area contributed by atoms with Crippen molar-refractivity contribution in [1.29, 1.82) is 0 Å². The molecule has 3 N–H and O–H groups in total. The van der Waals surface area contributed by atoms with Crippen LogP contribution in [-0.4, -0.2) is 40.1 Å². The molecule has 0 saturated carbocycles. The Morgan fingerprint density at radius 3 is 2.85 bits per heavy atom. The number of rotatable bonds is 6. The summed E-state index contributed by atoms with van der Waals surface area (Å²) < 4.78 is 25.5. The monoisotopic (exact) mass is 283 g/mol. The number of aromatic amines is 1. The van der Waals surface area contributed by atoms with Gasteiger partial charge < -0.3 is 15.4 Å². The number of hydrogen-bond donors (Lipinski definition) is 3. The number of aliphatic hydroxyl groups excluding tert-OH is 1. The van der Waals surface area contributed by atoms with Crippen LogP contribution in [0.1, 0.15) is 12.2 Å². The van der Waals surface area contributed by atoms with E-state index in [-0.39, 0.29) is 6.42 Å². The second-order valence-electron chi connectivity index (χ2n) is 4.49. The lowest BCUT2D eigenvalue weighted by Gasteiger charge is -2.13. The van der Waals surface area contributed by atoms with Crippen molar-refractivity contribution in [3.05, 3.63) is 30.1 Å². The van der Waals surface area contributed by atoms with Gasteiger partial charge in [-0.2, -0.15) is 0 Å². The third kappa shape index (κ3) is 3.74. The Morgan fingerprint density at radius 2 is 2.15 bits per heavy atom. The van der Waals surface area contributed by atoms with Crippen molar-refractivity contribution in [2.75, 3.05) is 13.2 Å². The molecule has 5 nitrogen and oxygen atoms in total. The van der Waals surface area contributed by atoms with Crippen molar-refractivity contribution in [1.82, 2.24) is 15.3 Å². The van der Waals surface area contributed by atoms with Gasteiger partial charge in [0.25, 0.3) is 5.92 Å². The molecule has 1 aromatic heterocycles. The molecule has 7 heteroatoms. The number of para-hydroxylation sites is 2. The second-order valence-corrected chi connectivity index (χ2v) is 4.49. The van der Waals surface area contributed by atoms with Gasteiger partial charge in [0.1, 0.15) is 12.4 Å². The maximum atomic E-state index is 12.7. The molecule has 1 aromatic carbocycles. The Labute approximate surface area is 114 Å². The number of carbonyl (C=O) groups is 1. The maximum absolute atomic E-state index is 12.7. The zero-order chi connectivity index (χ0) is 14.6. The summed E-state index contributed by atoms with van der Waals surface area (Å²) in [7, 11) is 0. The number of aryl methyl sites for hydroxylation is 1. The van der Waals surface area contributed by atoms with Crippen molar-refractivity contribution in [2.24, 2.45) is 0 Å². The van der Waals surface area contributed by atoms with E-state index in [0.29, 0.717) is 12.2 Å². The molecule has 1 amide bonds. The SMILES string of the molecule is O=C(CCc1nc2ccccc2[nH]1)NCC(F)(F)CO. The van der Waals surface area contributed by atoms with Gasteiger partial charge in [-0.1, -0.05) is 12.1 Å². The Bertz CT molecular complexity index is 565. The quantitative estimate of drug-likeness (QED) is 0.746. The van der Waals surface area contributed by atoms with Crippen LogP contribution in [0.4, 0.5) is 8.78 Å². The van der Waals surface area contributed by atoms with Crippen molar-refractivity contribution in [3.63, 3.8) is 0 Å². The fraction of sp³-hybridized carbons (Fsp3) is 0.385. The van der Waals surface area contributed by atoms with Crippen LogP contribution in [0.3, 0.4) is 0 Å². The molecule has 0 aliphatic carbocycles. The van der Waals surface area contributed by atoms with E-state index in [1.165, 1.54) is 0 Å². The Balaban J connectivity index is 1.84. The first-order valence-electron chi connectivity index (χ1n) is 6.19. The second kappa shape index (κ2) is 5.96. The number of carbonyl (C=O) groups excluding carboxylic acids is 1. The molecule has 1 heterocycles. The number of benzene rings is 1. The van der Waals surface area contributed by atoms with E-state index in [1.54, 1.807) is 0 Å². The molecule has 108 valence electrons. The predicted octanol–water partition coefficient (Wildman–Crippen LogP) is 1.24. The number of halogens is 2. The number of aromatic nitrogens is 2. The van der Waals surface area contributed by atoms with Gasteiger partial charge in [0.05, 0.1) is 17.6 Å². The number of aliphatic hydroxyl groups is 1. The summed E-state index contributed by atoms with van der Waals surface area (Å²) >= 11 is 0. The molecule has 0 fully saturated rings. The smallest absolute Gasteiger partial charge is 0.287 e. The van der Waals surface area contributed by atoms with E-state index >= 15 is 0 Å². The molecular formula is C13H15F2N3O2. The average molecular weight is 283 g/mol. The van der Waals surface area contributed by atoms with Crippen LogP contribution in [0.15, 0.2) is 24.3 Å². The fourth-order valence-corrected chi connectivity index (χ4v) is 1.73. The Hall–Kier alpha value is -2.02. The molecule has 0 aliphatic rings. The van der Waals surface area contributed by atoms with E-state index in [0.717, 1.165) is 11.0 Å². The number of nitrogens with one attached hydrogen (secondary N) is 2. The summed E-state index contributed by atoms with van der Waals surface area (Å²) in [5.74, 6) is -3.15. The Morgan fingerprint density at radius 1 is 1.40 bits per heavy atom. The van der Waals surface area contributed by atoms with Crippen molar-refractivity contribution >= 4 is 16.9 Å². The van der Waals surface area contributed by atoms with Crippen LogP contribution in [0, 0.1) is 0 Å². The first-order valence-corrected chi connectivity index (χ1v) is 6.19. The molecule has 0 unspecified atom stereocenters. The molecule has 0 atom stereocenters. The number of alkyl halides is 2. The summed E-state index contributed by atoms with van der Waals surface area (Å²) in [4.78, 5) is 18.8. The van der Waals surface area contributed by atoms with Gasteiger partial charge in [-0.3, -0.25) is 4.79 Å². The number of amides is 1. The first-order chi connectivity index (χ1) is 9.50. The molecule has 0 saturated heterocycles. The summed E-state index contributed by atoms with van der Waals surface area (Å²) in [6.45, 7) is -2.14. The van der Waals surface area contributed by atoms with Crippen molar-refractivity contribution < 1.29 is 18.7 Å². The lowest BCUT2D eigenvalue weighted by atomic mass is 10.2. The summed E-state index contributed by atoms with van der Waals surface area (Å²) in [6.07, 6.45) is 0.395. The first kappa shape index (κ1) is 14.4. The lowest BCUT2D eigenvalue weighted by molar-refractivity contribution is -0.124. The van der Waals surface area contributed by atoms with Gasteiger partial charge >= 0.3 is 0 Å². The van der Waals surface area contributed by atoms with Crippen LogP contribution in [0.5, 0.6) is 0 Å². The topological polar surface area (TPSA) is 78.0 Å². The Kier molecular flexibility index (Phi) is 4.29. The fourth-order valence-electron chi connectivity index (χ4n) is 1.73. The maximum Gasteiger partial charge on any atom is 0.287 e. The number of H-pyrrole nitrogens is 1. The van der Waals surface area contributed by atoms with E-state index in [2.05, 4.69) is 15.3 Å². The molecule has 2 aromatic rings. The van der Waals surface area contributed by atoms with Gasteiger partial charge in [0.2, 0.25) is 5.91 Å². The molecule has 0 radical (unpaired) electrons. The average Bonchev–Trinajstić information content (AvgIpc) is 2.86. The number of nitrogens with zero attached hydrogens (tertiary/aromatic N) is 1. The summed E-state index contributed by atoms with van der Waals surface area (Å²) in [5.41, 5.74) is 1.67. The van der Waals surface area contributed by atoms with Gasteiger partial charge in [0, 0.05) is 12.8 Å². The highest BCUT2D eigenvalue weighted by atomic mass is 19.3. The zero-order valence-corrected chi connectivity index (χ0v) is 10.7. The normalized spacial score (nSPS) is 11.8. The van der Waals surface area contributed by atoms with Gasteiger partial charge in [-0.25, -0.2) is 13.8 Å². The molecule has 20 heavy (non-hydrogen) atoms. The van der Waals surface area contributed by atoms with E-state index in [1.807, 2.05) is 24.3 Å². The highest BCUT2D eigenvalue weighted by Gasteiger charge is 2.27. The summed E-state index contributed by atoms with van der Waals surface area (Å²) in [5, 5.41) is 10.5. The van der Waals surface area contributed by atoms with Crippen molar-refractivity contribution in [2.45, 2.75) is 18.8 Å². The van der Waals surface area contributed by atoms with Crippen LogP contribution in [0.2, 0.25) is 0 Å². The standard InChI is InChI=1S/C13H15F2N3O2/c14-13(15,8-19)7-16-12(20)6-5-11-17-9-3-1-2-4-10(9)18-11/h1-4,19H,5-8H2,(H,16,20)(H,17,18). The molecular weight excluding hydrogens is 268 g/mol. The minimum absolute atomic E-state index is 0.0569. The number of imidazole rings is 1. The number of fused-ring (bicyclic) bond motifs is 1. The lowest BCUT2D eigenvalue weighted by Crippen LogP contribution is -2.39. The highest BCUT2D eigenvalue weighted by Crippen LogP contribution is 2.12. The van der Waals surface area contributed by atoms with Gasteiger partial charge in [-0.05, 0) is 12.1 Å². The third-order valence-electron chi connectivity index (χ3n) is 2.80. The highest BCUT2D eigenvalue weighted by molar-refractivity contribution is 5.77.